The normalized spacial score (nSPS) is 10.6. The quantitative estimate of drug-likeness (QED) is 0.795. The second-order valence-electron chi connectivity index (χ2n) is 2.73. The zero-order chi connectivity index (χ0) is 10.3. The van der Waals surface area contributed by atoms with E-state index in [1.807, 2.05) is 34.0 Å². The zero-order valence-corrected chi connectivity index (χ0v) is 9.79. The molecule has 0 saturated carbocycles. The molecule has 0 aliphatic heterocycles. The number of thiophene rings is 1. The third-order valence-electron chi connectivity index (χ3n) is 1.88. The van der Waals surface area contributed by atoms with Crippen LogP contribution in [-0.2, 0) is 0 Å². The summed E-state index contributed by atoms with van der Waals surface area (Å²) in [5.74, 6) is -1.23. The Morgan fingerprint density at radius 2 is 2.21 bits per heavy atom. The van der Waals surface area contributed by atoms with Gasteiger partial charge in [-0.3, -0.25) is 0 Å². The van der Waals surface area contributed by atoms with E-state index in [4.69, 9.17) is 5.11 Å². The highest BCUT2D eigenvalue weighted by atomic mass is 127. The molecule has 3 nitrogen and oxygen atoms in total. The number of hydrogen-bond donors (Lipinski definition) is 2. The molecule has 0 aliphatic rings. The lowest BCUT2D eigenvalue weighted by molar-refractivity contribution is 0.0696. The first-order valence-electron chi connectivity index (χ1n) is 3.73. The van der Waals surface area contributed by atoms with E-state index in [1.54, 1.807) is 6.07 Å². The third kappa shape index (κ3) is 1.36. The largest absolute Gasteiger partial charge is 0.506 e. The van der Waals surface area contributed by atoms with E-state index in [-0.39, 0.29) is 11.3 Å². The summed E-state index contributed by atoms with van der Waals surface area (Å²) in [6.45, 7) is 0. The Morgan fingerprint density at radius 3 is 2.86 bits per heavy atom. The maximum Gasteiger partial charge on any atom is 0.340 e. The highest BCUT2D eigenvalue weighted by Gasteiger charge is 2.17. The second-order valence-corrected chi connectivity index (χ2v) is 4.80. The van der Waals surface area contributed by atoms with Gasteiger partial charge in [0, 0.05) is 0 Å². The van der Waals surface area contributed by atoms with Crippen molar-refractivity contribution in [2.24, 2.45) is 0 Å². The standard InChI is InChI=1S/C9H5IO3S/c10-5-3-4-1-2-14-8(4)6(7(5)11)9(12)13/h1-3,11H,(H,12,13). The number of aromatic carboxylic acids is 1. The van der Waals surface area contributed by atoms with Crippen molar-refractivity contribution in [2.45, 2.75) is 0 Å². The molecule has 72 valence electrons. The average Bonchev–Trinajstić information content (AvgIpc) is 2.52. The molecule has 0 radical (unpaired) electrons. The van der Waals surface area contributed by atoms with Gasteiger partial charge in [0.05, 0.1) is 8.27 Å². The Labute approximate surface area is 97.1 Å². The lowest BCUT2D eigenvalue weighted by Gasteiger charge is -2.03. The molecule has 0 bridgehead atoms. The average molecular weight is 320 g/mol. The molecule has 1 aromatic carbocycles. The topological polar surface area (TPSA) is 57.5 Å². The molecule has 14 heavy (non-hydrogen) atoms. The van der Waals surface area contributed by atoms with Gasteiger partial charge in [0.1, 0.15) is 11.3 Å². The van der Waals surface area contributed by atoms with Gasteiger partial charge in [0.2, 0.25) is 0 Å². The fraction of sp³-hybridized carbons (Fsp3) is 0. The van der Waals surface area contributed by atoms with Crippen molar-refractivity contribution in [1.29, 1.82) is 0 Å². The van der Waals surface area contributed by atoms with Crippen LogP contribution in [0.1, 0.15) is 10.4 Å². The van der Waals surface area contributed by atoms with Crippen LogP contribution in [0.3, 0.4) is 0 Å². The van der Waals surface area contributed by atoms with Crippen LogP contribution in [0.4, 0.5) is 0 Å². The van der Waals surface area contributed by atoms with Crippen molar-refractivity contribution in [2.75, 3.05) is 0 Å². The van der Waals surface area contributed by atoms with Gasteiger partial charge >= 0.3 is 5.97 Å². The van der Waals surface area contributed by atoms with Crippen molar-refractivity contribution in [3.8, 4) is 5.75 Å². The van der Waals surface area contributed by atoms with Gasteiger partial charge in [-0.1, -0.05) is 0 Å². The number of rotatable bonds is 1. The molecule has 0 spiro atoms. The molecule has 0 fully saturated rings. The maximum absolute atomic E-state index is 10.9. The summed E-state index contributed by atoms with van der Waals surface area (Å²) < 4.78 is 1.18. The highest BCUT2D eigenvalue weighted by molar-refractivity contribution is 14.1. The fourth-order valence-corrected chi connectivity index (χ4v) is 2.79. The van der Waals surface area contributed by atoms with E-state index in [9.17, 15) is 9.90 Å². The van der Waals surface area contributed by atoms with Crippen LogP contribution in [0.5, 0.6) is 5.75 Å². The third-order valence-corrected chi connectivity index (χ3v) is 3.65. The number of benzene rings is 1. The predicted molar refractivity (Wildman–Crippen MR) is 63.2 cm³/mol. The molecule has 2 rings (SSSR count). The summed E-state index contributed by atoms with van der Waals surface area (Å²) in [4.78, 5) is 10.9. The second kappa shape index (κ2) is 3.39. The molecule has 0 unspecified atom stereocenters. The van der Waals surface area contributed by atoms with Gasteiger partial charge < -0.3 is 10.2 Å². The maximum atomic E-state index is 10.9. The van der Waals surface area contributed by atoms with Gasteiger partial charge in [-0.2, -0.15) is 0 Å². The molecule has 0 amide bonds. The summed E-state index contributed by atoms with van der Waals surface area (Å²) in [5.41, 5.74) is 0.00176. The molecule has 0 atom stereocenters. The van der Waals surface area contributed by atoms with E-state index in [1.165, 1.54) is 11.3 Å². The molecule has 0 aliphatic carbocycles. The number of aromatic hydroxyl groups is 1. The van der Waals surface area contributed by atoms with Crippen LogP contribution < -0.4 is 0 Å². The van der Waals surface area contributed by atoms with Crippen molar-refractivity contribution in [3.63, 3.8) is 0 Å². The summed E-state index contributed by atoms with van der Waals surface area (Å²) in [7, 11) is 0. The molecule has 5 heteroatoms. The van der Waals surface area contributed by atoms with E-state index in [0.29, 0.717) is 8.27 Å². The smallest absolute Gasteiger partial charge is 0.340 e. The van der Waals surface area contributed by atoms with E-state index >= 15 is 0 Å². The van der Waals surface area contributed by atoms with Crippen LogP contribution >= 0.6 is 33.9 Å². The summed E-state index contributed by atoms with van der Waals surface area (Å²) in [6, 6.07) is 3.61. The lowest BCUT2D eigenvalue weighted by atomic mass is 10.1. The molecule has 1 heterocycles. The predicted octanol–water partition coefficient (Wildman–Crippen LogP) is 2.91. The van der Waals surface area contributed by atoms with Gasteiger partial charge in [-0.25, -0.2) is 4.79 Å². The van der Waals surface area contributed by atoms with Gasteiger partial charge in [0.15, 0.2) is 0 Å². The molecule has 1 aromatic heterocycles. The van der Waals surface area contributed by atoms with Crippen LogP contribution in [0.15, 0.2) is 17.5 Å². The Balaban J connectivity index is 2.93. The molecular formula is C9H5IO3S. The monoisotopic (exact) mass is 320 g/mol. The van der Waals surface area contributed by atoms with Gasteiger partial charge in [-0.05, 0) is 45.5 Å². The number of carboxylic acid groups (broad SMARTS) is 1. The minimum absolute atomic E-state index is 0.00176. The summed E-state index contributed by atoms with van der Waals surface area (Å²) >= 11 is 3.24. The Morgan fingerprint density at radius 1 is 1.50 bits per heavy atom. The van der Waals surface area contributed by atoms with Crippen LogP contribution in [0, 0.1) is 3.57 Å². The lowest BCUT2D eigenvalue weighted by Crippen LogP contribution is -1.98. The first-order chi connectivity index (χ1) is 6.61. The van der Waals surface area contributed by atoms with Crippen molar-refractivity contribution < 1.29 is 15.0 Å². The van der Waals surface area contributed by atoms with E-state index in [0.717, 1.165) is 5.39 Å². The van der Waals surface area contributed by atoms with Crippen LogP contribution in [0.25, 0.3) is 10.1 Å². The highest BCUT2D eigenvalue weighted by Crippen LogP contribution is 2.35. The first-order valence-corrected chi connectivity index (χ1v) is 5.69. The number of hydrogen-bond acceptors (Lipinski definition) is 3. The zero-order valence-electron chi connectivity index (χ0n) is 6.82. The first kappa shape index (κ1) is 9.72. The fourth-order valence-electron chi connectivity index (χ4n) is 1.27. The van der Waals surface area contributed by atoms with Crippen molar-refractivity contribution in [1.82, 2.24) is 0 Å². The van der Waals surface area contributed by atoms with Gasteiger partial charge in [-0.15, -0.1) is 11.3 Å². The van der Waals surface area contributed by atoms with E-state index < -0.39 is 5.97 Å². The Bertz CT molecular complexity index is 518. The molecule has 0 saturated heterocycles. The number of fused-ring (bicyclic) bond motifs is 1. The van der Waals surface area contributed by atoms with E-state index in [2.05, 4.69) is 0 Å². The van der Waals surface area contributed by atoms with Crippen molar-refractivity contribution in [3.05, 3.63) is 26.6 Å². The van der Waals surface area contributed by atoms with Crippen LogP contribution in [0.2, 0.25) is 0 Å². The SMILES string of the molecule is O=C(O)c1c(O)c(I)cc2ccsc12. The number of carbonyl (C=O) groups is 1. The number of halogens is 1. The minimum atomic E-state index is -1.09. The summed E-state index contributed by atoms with van der Waals surface area (Å²) in [6.07, 6.45) is 0. The van der Waals surface area contributed by atoms with Crippen LogP contribution in [-0.4, -0.2) is 16.2 Å². The van der Waals surface area contributed by atoms with Crippen molar-refractivity contribution >= 4 is 50.0 Å². The Kier molecular flexibility index (Phi) is 2.36. The summed E-state index contributed by atoms with van der Waals surface area (Å²) in [5, 5.41) is 21.2. The van der Waals surface area contributed by atoms with Gasteiger partial charge in [0.25, 0.3) is 0 Å². The minimum Gasteiger partial charge on any atom is -0.506 e. The number of phenols is 1. The molecular weight excluding hydrogens is 315 g/mol. The Hall–Kier alpha value is -0.820. The molecule has 2 N–H and O–H groups in total. The number of carboxylic acids is 1. The molecule has 2 aromatic rings.